The van der Waals surface area contributed by atoms with E-state index in [1.807, 2.05) is 19.1 Å². The molecule has 19 heavy (non-hydrogen) atoms. The second-order valence-corrected chi connectivity index (χ2v) is 5.11. The normalized spacial score (nSPS) is 10.5. The van der Waals surface area contributed by atoms with Gasteiger partial charge in [0, 0.05) is 28.9 Å². The van der Waals surface area contributed by atoms with Gasteiger partial charge in [-0.05, 0) is 31.5 Å². The lowest BCUT2D eigenvalue weighted by atomic mass is 10.2. The highest BCUT2D eigenvalue weighted by molar-refractivity contribution is 6.36. The van der Waals surface area contributed by atoms with Gasteiger partial charge in [0.05, 0.1) is 5.02 Å². The van der Waals surface area contributed by atoms with Crippen molar-refractivity contribution in [2.45, 2.75) is 20.3 Å². The number of hydrogen-bond donors (Lipinski definition) is 1. The van der Waals surface area contributed by atoms with E-state index in [2.05, 4.69) is 22.2 Å². The molecule has 1 aromatic carbocycles. The van der Waals surface area contributed by atoms with Crippen molar-refractivity contribution >= 4 is 29.0 Å². The summed E-state index contributed by atoms with van der Waals surface area (Å²) < 4.78 is 0. The van der Waals surface area contributed by atoms with E-state index in [1.54, 1.807) is 12.1 Å². The molecule has 0 fully saturated rings. The van der Waals surface area contributed by atoms with E-state index >= 15 is 0 Å². The van der Waals surface area contributed by atoms with Crippen LogP contribution in [0.25, 0.3) is 11.4 Å². The molecule has 5 heteroatoms. The molecule has 0 saturated heterocycles. The molecule has 3 nitrogen and oxygen atoms in total. The van der Waals surface area contributed by atoms with Crippen molar-refractivity contribution in [3.05, 3.63) is 40.0 Å². The molecule has 1 N–H and O–H groups in total. The first-order chi connectivity index (χ1) is 9.10. The highest BCUT2D eigenvalue weighted by Gasteiger charge is 2.09. The summed E-state index contributed by atoms with van der Waals surface area (Å²) in [6, 6.07) is 7.24. The fourth-order valence-electron chi connectivity index (χ4n) is 1.70. The van der Waals surface area contributed by atoms with Gasteiger partial charge in [-0.2, -0.15) is 0 Å². The number of aryl methyl sites for hydroxylation is 1. The minimum atomic E-state index is 0.555. The number of anilines is 1. The number of nitrogens with one attached hydrogen (secondary N) is 1. The SMILES string of the molecule is CCCNc1cc(C)nc(-c2ccc(Cl)cc2Cl)n1. The van der Waals surface area contributed by atoms with Gasteiger partial charge in [0.2, 0.25) is 0 Å². The third-order valence-corrected chi connectivity index (χ3v) is 3.13. The van der Waals surface area contributed by atoms with Gasteiger partial charge in [-0.3, -0.25) is 0 Å². The number of halogens is 2. The van der Waals surface area contributed by atoms with Gasteiger partial charge in [0.15, 0.2) is 5.82 Å². The van der Waals surface area contributed by atoms with E-state index in [4.69, 9.17) is 23.2 Å². The predicted octanol–water partition coefficient (Wildman–Crippen LogP) is 4.58. The van der Waals surface area contributed by atoms with E-state index < -0.39 is 0 Å². The van der Waals surface area contributed by atoms with E-state index in [-0.39, 0.29) is 0 Å². The summed E-state index contributed by atoms with van der Waals surface area (Å²) in [5, 5.41) is 4.41. The fraction of sp³-hybridized carbons (Fsp3) is 0.286. The molecule has 100 valence electrons. The molecule has 1 heterocycles. The first-order valence-electron chi connectivity index (χ1n) is 6.15. The van der Waals surface area contributed by atoms with Crippen LogP contribution in [-0.2, 0) is 0 Å². The van der Waals surface area contributed by atoms with Crippen LogP contribution in [0, 0.1) is 6.92 Å². The zero-order valence-corrected chi connectivity index (χ0v) is 12.4. The molecule has 0 radical (unpaired) electrons. The molecule has 0 spiro atoms. The Hall–Kier alpha value is -1.32. The molecule has 0 bridgehead atoms. The number of hydrogen-bond acceptors (Lipinski definition) is 3. The van der Waals surface area contributed by atoms with Gasteiger partial charge in [0.1, 0.15) is 5.82 Å². The van der Waals surface area contributed by atoms with Gasteiger partial charge in [-0.25, -0.2) is 9.97 Å². The Morgan fingerprint density at radius 2 is 1.95 bits per heavy atom. The molecule has 0 aliphatic rings. The number of benzene rings is 1. The third kappa shape index (κ3) is 3.58. The minimum absolute atomic E-state index is 0.555. The number of nitrogens with zero attached hydrogens (tertiary/aromatic N) is 2. The van der Waals surface area contributed by atoms with Gasteiger partial charge >= 0.3 is 0 Å². The molecule has 0 atom stereocenters. The van der Waals surface area contributed by atoms with Crippen molar-refractivity contribution in [1.82, 2.24) is 9.97 Å². The summed E-state index contributed by atoms with van der Waals surface area (Å²) >= 11 is 12.1. The molecule has 2 rings (SSSR count). The number of aromatic nitrogens is 2. The van der Waals surface area contributed by atoms with Crippen molar-refractivity contribution in [2.75, 3.05) is 11.9 Å². The smallest absolute Gasteiger partial charge is 0.163 e. The molecule has 0 unspecified atom stereocenters. The molecular weight excluding hydrogens is 281 g/mol. The lowest BCUT2D eigenvalue weighted by molar-refractivity contribution is 0.962. The van der Waals surface area contributed by atoms with E-state index in [1.165, 1.54) is 0 Å². The van der Waals surface area contributed by atoms with Crippen LogP contribution in [-0.4, -0.2) is 16.5 Å². The van der Waals surface area contributed by atoms with Crippen LogP contribution in [0.3, 0.4) is 0 Å². The third-order valence-electron chi connectivity index (χ3n) is 2.58. The van der Waals surface area contributed by atoms with Crippen LogP contribution >= 0.6 is 23.2 Å². The van der Waals surface area contributed by atoms with Crippen LogP contribution < -0.4 is 5.32 Å². The van der Waals surface area contributed by atoms with Crippen molar-refractivity contribution in [1.29, 1.82) is 0 Å². The molecule has 2 aromatic rings. The van der Waals surface area contributed by atoms with Crippen LogP contribution in [0.5, 0.6) is 0 Å². The monoisotopic (exact) mass is 295 g/mol. The minimum Gasteiger partial charge on any atom is -0.370 e. The van der Waals surface area contributed by atoms with Crippen molar-refractivity contribution in [3.63, 3.8) is 0 Å². The Labute approximate surface area is 123 Å². The Kier molecular flexibility index (Phi) is 4.61. The first-order valence-corrected chi connectivity index (χ1v) is 6.90. The molecule has 1 aromatic heterocycles. The van der Waals surface area contributed by atoms with Crippen LogP contribution in [0.15, 0.2) is 24.3 Å². The predicted molar refractivity (Wildman–Crippen MR) is 81.0 cm³/mol. The lowest BCUT2D eigenvalue weighted by Gasteiger charge is -2.09. The zero-order valence-electron chi connectivity index (χ0n) is 10.9. The Balaban J connectivity index is 2.41. The lowest BCUT2D eigenvalue weighted by Crippen LogP contribution is -2.04. The fourth-order valence-corrected chi connectivity index (χ4v) is 2.20. The van der Waals surface area contributed by atoms with Crippen LogP contribution in [0.4, 0.5) is 5.82 Å². The summed E-state index contributed by atoms with van der Waals surface area (Å²) in [5.74, 6) is 1.43. The van der Waals surface area contributed by atoms with Crippen LogP contribution in [0.2, 0.25) is 10.0 Å². The van der Waals surface area contributed by atoms with E-state index in [9.17, 15) is 0 Å². The highest BCUT2D eigenvalue weighted by atomic mass is 35.5. The van der Waals surface area contributed by atoms with Crippen molar-refractivity contribution in [2.24, 2.45) is 0 Å². The maximum atomic E-state index is 6.19. The summed E-state index contributed by atoms with van der Waals surface area (Å²) in [4.78, 5) is 8.91. The highest BCUT2D eigenvalue weighted by Crippen LogP contribution is 2.28. The average Bonchev–Trinajstić information content (AvgIpc) is 2.35. The second-order valence-electron chi connectivity index (χ2n) is 4.27. The van der Waals surface area contributed by atoms with Crippen molar-refractivity contribution in [3.8, 4) is 11.4 Å². The maximum absolute atomic E-state index is 6.19. The summed E-state index contributed by atoms with van der Waals surface area (Å²) in [6.45, 7) is 4.92. The molecule has 0 aliphatic heterocycles. The molecule has 0 aliphatic carbocycles. The quantitative estimate of drug-likeness (QED) is 0.897. The second kappa shape index (κ2) is 6.22. The van der Waals surface area contributed by atoms with Gasteiger partial charge in [-0.15, -0.1) is 0 Å². The van der Waals surface area contributed by atoms with Crippen molar-refractivity contribution < 1.29 is 0 Å². The molecule has 0 saturated carbocycles. The largest absolute Gasteiger partial charge is 0.370 e. The summed E-state index contributed by atoms with van der Waals surface area (Å²) in [7, 11) is 0. The first kappa shape index (κ1) is 14.1. The maximum Gasteiger partial charge on any atom is 0.163 e. The van der Waals surface area contributed by atoms with Gasteiger partial charge in [-0.1, -0.05) is 30.1 Å². The Morgan fingerprint density at radius 1 is 1.16 bits per heavy atom. The molecular formula is C14H15Cl2N3. The number of rotatable bonds is 4. The summed E-state index contributed by atoms with van der Waals surface area (Å²) in [5.41, 5.74) is 1.68. The average molecular weight is 296 g/mol. The van der Waals surface area contributed by atoms with Crippen LogP contribution in [0.1, 0.15) is 19.0 Å². The van der Waals surface area contributed by atoms with E-state index in [0.717, 1.165) is 30.0 Å². The van der Waals surface area contributed by atoms with Gasteiger partial charge < -0.3 is 5.32 Å². The van der Waals surface area contributed by atoms with Gasteiger partial charge in [0.25, 0.3) is 0 Å². The summed E-state index contributed by atoms with van der Waals surface area (Å²) in [6.07, 6.45) is 1.04. The van der Waals surface area contributed by atoms with E-state index in [0.29, 0.717) is 15.9 Å². The topological polar surface area (TPSA) is 37.8 Å². The molecule has 0 amide bonds. The zero-order chi connectivity index (χ0) is 13.8. The Bertz CT molecular complexity index is 585. The standard InChI is InChI=1S/C14H15Cl2N3/c1-3-6-17-13-7-9(2)18-14(19-13)11-5-4-10(15)8-12(11)16/h4-5,7-8H,3,6H2,1-2H3,(H,17,18,19). The Morgan fingerprint density at radius 3 is 2.63 bits per heavy atom.